The molecule has 0 aliphatic carbocycles. The van der Waals surface area contributed by atoms with E-state index in [1.54, 1.807) is 29.2 Å². The lowest BCUT2D eigenvalue weighted by Gasteiger charge is -2.43. The second-order valence-electron chi connectivity index (χ2n) is 7.53. The predicted octanol–water partition coefficient (Wildman–Crippen LogP) is 0.437. The van der Waals surface area contributed by atoms with Crippen molar-refractivity contribution in [1.82, 2.24) is 10.2 Å². The molecule has 5 N–H and O–H groups in total. The van der Waals surface area contributed by atoms with Gasteiger partial charge in [-0.25, -0.2) is 0 Å². The fraction of sp³-hybridized carbons (Fsp3) is 0.409. The molecule has 0 spiro atoms. The molecule has 0 aromatic heterocycles. The molecule has 1 aliphatic rings. The Balaban J connectivity index is 1.63. The number of carbonyl (C=O) groups is 1. The van der Waals surface area contributed by atoms with E-state index < -0.39 is 24.4 Å². The lowest BCUT2D eigenvalue weighted by Crippen LogP contribution is -2.62. The monoisotopic (exact) mass is 400 g/mol. The second-order valence-corrected chi connectivity index (χ2v) is 7.53. The molecule has 1 saturated heterocycles. The van der Waals surface area contributed by atoms with Gasteiger partial charge in [0.2, 0.25) is 0 Å². The zero-order chi connectivity index (χ0) is 21.0. The molecule has 2 aromatic carbocycles. The van der Waals surface area contributed by atoms with E-state index in [1.165, 1.54) is 0 Å². The van der Waals surface area contributed by atoms with Gasteiger partial charge in [-0.3, -0.25) is 9.69 Å². The van der Waals surface area contributed by atoms with Crippen molar-refractivity contribution in [2.75, 3.05) is 13.2 Å². The minimum atomic E-state index is -1.28. The van der Waals surface area contributed by atoms with E-state index in [1.807, 2.05) is 37.3 Å². The maximum atomic E-state index is 12.5. The molecule has 0 bridgehead atoms. The van der Waals surface area contributed by atoms with Crippen molar-refractivity contribution >= 4 is 5.91 Å². The van der Waals surface area contributed by atoms with E-state index in [0.29, 0.717) is 12.1 Å². The number of aliphatic hydroxyl groups is 4. The Kier molecular flexibility index (Phi) is 7.00. The summed E-state index contributed by atoms with van der Waals surface area (Å²) in [6.45, 7) is 2.11. The summed E-state index contributed by atoms with van der Waals surface area (Å²) >= 11 is 0. The Bertz CT molecular complexity index is 799. The predicted molar refractivity (Wildman–Crippen MR) is 108 cm³/mol. The fourth-order valence-corrected chi connectivity index (χ4v) is 3.66. The van der Waals surface area contributed by atoms with Crippen molar-refractivity contribution in [3.8, 4) is 0 Å². The van der Waals surface area contributed by atoms with Crippen LogP contribution in [0.4, 0.5) is 0 Å². The maximum Gasteiger partial charge on any atom is 0.251 e. The molecule has 7 heteroatoms. The highest BCUT2D eigenvalue weighted by atomic mass is 16.4. The van der Waals surface area contributed by atoms with Gasteiger partial charge in [-0.05, 0) is 30.2 Å². The smallest absolute Gasteiger partial charge is 0.251 e. The molecule has 0 unspecified atom stereocenters. The number of hydrogen-bond donors (Lipinski definition) is 5. The molecule has 5 atom stereocenters. The SMILES string of the molecule is C[C@@H](NC(=O)c1ccc(CN2C[C@H](O)[C@@H](O)[C@H](O)[C@@H]2CO)cc1)c1ccccc1. The number of rotatable bonds is 6. The number of nitrogens with zero attached hydrogens (tertiary/aromatic N) is 1. The van der Waals surface area contributed by atoms with Crippen LogP contribution in [0.1, 0.15) is 34.5 Å². The van der Waals surface area contributed by atoms with E-state index in [2.05, 4.69) is 5.32 Å². The molecular weight excluding hydrogens is 372 g/mol. The highest BCUT2D eigenvalue weighted by molar-refractivity contribution is 5.94. The third-order valence-corrected chi connectivity index (χ3v) is 5.46. The average Bonchev–Trinajstić information content (AvgIpc) is 2.73. The van der Waals surface area contributed by atoms with Gasteiger partial charge < -0.3 is 25.7 Å². The van der Waals surface area contributed by atoms with E-state index in [4.69, 9.17) is 0 Å². The van der Waals surface area contributed by atoms with Crippen LogP contribution in [0, 0.1) is 0 Å². The number of benzene rings is 2. The Hall–Kier alpha value is -2.29. The van der Waals surface area contributed by atoms with Crippen molar-refractivity contribution in [1.29, 1.82) is 0 Å². The summed E-state index contributed by atoms with van der Waals surface area (Å²) in [5.74, 6) is -0.173. The van der Waals surface area contributed by atoms with Crippen molar-refractivity contribution in [2.24, 2.45) is 0 Å². The zero-order valence-corrected chi connectivity index (χ0v) is 16.3. The Morgan fingerprint density at radius 3 is 2.34 bits per heavy atom. The number of hydrogen-bond acceptors (Lipinski definition) is 6. The average molecular weight is 400 g/mol. The summed E-state index contributed by atoms with van der Waals surface area (Å²) in [5, 5.41) is 42.3. The standard InChI is InChI=1S/C22H28N2O5/c1-14(16-5-3-2-4-6-16)23-22(29)17-9-7-15(8-10-17)11-24-12-19(26)21(28)20(27)18(24)13-25/h2-10,14,18-21,25-28H,11-13H2,1H3,(H,23,29)/t14-,18+,19+,20-,21-/m1/s1. The number of carbonyl (C=O) groups excluding carboxylic acids is 1. The van der Waals surface area contributed by atoms with E-state index in [9.17, 15) is 25.2 Å². The van der Waals surface area contributed by atoms with Crippen molar-refractivity contribution in [3.63, 3.8) is 0 Å². The Morgan fingerprint density at radius 1 is 1.07 bits per heavy atom. The number of nitrogens with one attached hydrogen (secondary N) is 1. The van der Waals surface area contributed by atoms with Crippen LogP contribution in [0.5, 0.6) is 0 Å². The van der Waals surface area contributed by atoms with Crippen molar-refractivity contribution in [2.45, 2.75) is 43.9 Å². The molecule has 1 heterocycles. The maximum absolute atomic E-state index is 12.5. The van der Waals surface area contributed by atoms with Crippen LogP contribution in [0.3, 0.4) is 0 Å². The summed E-state index contributed by atoms with van der Waals surface area (Å²) in [7, 11) is 0. The van der Waals surface area contributed by atoms with Gasteiger partial charge in [-0.1, -0.05) is 42.5 Å². The first-order valence-electron chi connectivity index (χ1n) is 9.74. The van der Waals surface area contributed by atoms with Gasteiger partial charge >= 0.3 is 0 Å². The number of β-amino-alcohol motifs (C(OH)–C–C–N with tert-alkyl or cyclic N) is 1. The molecule has 1 aliphatic heterocycles. The molecule has 3 rings (SSSR count). The highest BCUT2D eigenvalue weighted by Gasteiger charge is 2.40. The van der Waals surface area contributed by atoms with Gasteiger partial charge in [-0.2, -0.15) is 0 Å². The number of amides is 1. The summed E-state index contributed by atoms with van der Waals surface area (Å²) in [4.78, 5) is 14.2. The fourth-order valence-electron chi connectivity index (χ4n) is 3.66. The van der Waals surface area contributed by atoms with E-state index in [-0.39, 0.29) is 25.1 Å². The Labute approximate surface area is 170 Å². The number of likely N-dealkylation sites (tertiary alicyclic amines) is 1. The van der Waals surface area contributed by atoms with Gasteiger partial charge in [0.25, 0.3) is 5.91 Å². The van der Waals surface area contributed by atoms with Crippen LogP contribution >= 0.6 is 0 Å². The number of piperidine rings is 1. The van der Waals surface area contributed by atoms with Crippen molar-refractivity contribution in [3.05, 3.63) is 71.3 Å². The quantitative estimate of drug-likeness (QED) is 0.481. The third-order valence-electron chi connectivity index (χ3n) is 5.46. The first-order valence-corrected chi connectivity index (χ1v) is 9.74. The van der Waals surface area contributed by atoms with Gasteiger partial charge in [-0.15, -0.1) is 0 Å². The second kappa shape index (κ2) is 9.47. The molecule has 1 fully saturated rings. The van der Waals surface area contributed by atoms with Gasteiger partial charge in [0.1, 0.15) is 12.2 Å². The van der Waals surface area contributed by atoms with Crippen molar-refractivity contribution < 1.29 is 25.2 Å². The van der Waals surface area contributed by atoms with Gasteiger partial charge in [0.15, 0.2) is 0 Å². The lowest BCUT2D eigenvalue weighted by atomic mass is 9.93. The van der Waals surface area contributed by atoms with E-state index >= 15 is 0 Å². The van der Waals surface area contributed by atoms with Gasteiger partial charge in [0.05, 0.1) is 24.8 Å². The van der Waals surface area contributed by atoms with E-state index in [0.717, 1.165) is 11.1 Å². The van der Waals surface area contributed by atoms with Crippen LogP contribution in [-0.4, -0.2) is 68.7 Å². The molecular formula is C22H28N2O5. The largest absolute Gasteiger partial charge is 0.395 e. The summed E-state index contributed by atoms with van der Waals surface area (Å²) in [6.07, 6.45) is -3.59. The van der Waals surface area contributed by atoms with Crippen LogP contribution in [0.25, 0.3) is 0 Å². The molecule has 0 saturated carbocycles. The molecule has 7 nitrogen and oxygen atoms in total. The first-order chi connectivity index (χ1) is 13.9. The summed E-state index contributed by atoms with van der Waals surface area (Å²) in [5.41, 5.74) is 2.42. The summed E-state index contributed by atoms with van der Waals surface area (Å²) in [6, 6.07) is 16.0. The number of aliphatic hydroxyl groups excluding tert-OH is 4. The molecule has 1 amide bonds. The van der Waals surface area contributed by atoms with Crippen LogP contribution in [0.15, 0.2) is 54.6 Å². The highest BCUT2D eigenvalue weighted by Crippen LogP contribution is 2.21. The molecule has 0 radical (unpaired) electrons. The normalized spacial score (nSPS) is 26.1. The van der Waals surface area contributed by atoms with Crippen LogP contribution in [-0.2, 0) is 6.54 Å². The molecule has 2 aromatic rings. The minimum Gasteiger partial charge on any atom is -0.395 e. The lowest BCUT2D eigenvalue weighted by molar-refractivity contribution is -0.147. The Morgan fingerprint density at radius 2 is 1.72 bits per heavy atom. The van der Waals surface area contributed by atoms with Crippen LogP contribution in [0.2, 0.25) is 0 Å². The molecule has 29 heavy (non-hydrogen) atoms. The zero-order valence-electron chi connectivity index (χ0n) is 16.3. The third kappa shape index (κ3) is 5.01. The topological polar surface area (TPSA) is 113 Å². The molecule has 156 valence electrons. The first kappa shape index (κ1) is 21.4. The summed E-state index contributed by atoms with van der Waals surface area (Å²) < 4.78 is 0. The van der Waals surface area contributed by atoms with Crippen LogP contribution < -0.4 is 5.32 Å². The minimum absolute atomic E-state index is 0.114. The van der Waals surface area contributed by atoms with Gasteiger partial charge in [0, 0.05) is 18.7 Å².